The van der Waals surface area contributed by atoms with E-state index >= 15 is 0 Å². The van der Waals surface area contributed by atoms with Crippen LogP contribution in [0.3, 0.4) is 0 Å². The number of fused-ring (bicyclic) bond motifs is 14. The summed E-state index contributed by atoms with van der Waals surface area (Å²) in [5.41, 5.74) is 17.2. The first kappa shape index (κ1) is 34.0. The molecule has 1 heterocycles. The Morgan fingerprint density at radius 1 is 0.311 bits per heavy atom. The lowest BCUT2D eigenvalue weighted by Gasteiger charge is -2.32. The Balaban J connectivity index is 1.18. The first-order valence-corrected chi connectivity index (χ1v) is 21.1. The number of rotatable bonds is 4. The van der Waals surface area contributed by atoms with Gasteiger partial charge in [0.15, 0.2) is 5.82 Å². The number of hydrogen-bond acceptors (Lipinski definition) is 2. The van der Waals surface area contributed by atoms with E-state index in [4.69, 9.17) is 9.97 Å². The summed E-state index contributed by atoms with van der Waals surface area (Å²) in [4.78, 5) is 11.2. The van der Waals surface area contributed by atoms with Crippen LogP contribution in [0.2, 0.25) is 0 Å². The predicted molar refractivity (Wildman–Crippen MR) is 253 cm³/mol. The molecule has 1 aromatic heterocycles. The van der Waals surface area contributed by atoms with Crippen molar-refractivity contribution in [1.82, 2.24) is 9.97 Å². The number of nitrogens with zero attached hydrogens (tertiary/aromatic N) is 2. The molecule has 2 aliphatic carbocycles. The molecule has 0 bridgehead atoms. The second kappa shape index (κ2) is 13.0. The largest absolute Gasteiger partial charge is 0.228 e. The first-order chi connectivity index (χ1) is 30.3. The van der Waals surface area contributed by atoms with E-state index in [1.807, 2.05) is 0 Å². The van der Waals surface area contributed by atoms with E-state index in [9.17, 15) is 0 Å². The van der Waals surface area contributed by atoms with Crippen LogP contribution in [-0.2, 0) is 5.41 Å². The van der Waals surface area contributed by atoms with Crippen LogP contribution in [0.5, 0.6) is 0 Å². The molecular formula is C59H36N2. The van der Waals surface area contributed by atoms with E-state index in [0.717, 1.165) is 33.5 Å². The zero-order valence-corrected chi connectivity index (χ0v) is 33.2. The zero-order valence-electron chi connectivity index (χ0n) is 33.2. The lowest BCUT2D eigenvalue weighted by atomic mass is 9.69. The average Bonchev–Trinajstić information content (AvgIpc) is 3.81. The molecule has 2 aliphatic rings. The maximum absolute atomic E-state index is 5.59. The molecule has 13 rings (SSSR count). The molecule has 0 atom stereocenters. The fraction of sp³-hybridized carbons (Fsp3) is 0.0169. The molecule has 282 valence electrons. The van der Waals surface area contributed by atoms with Gasteiger partial charge in [-0.15, -0.1) is 0 Å². The van der Waals surface area contributed by atoms with E-state index in [1.165, 1.54) is 82.6 Å². The highest BCUT2D eigenvalue weighted by molar-refractivity contribution is 6.27. The molecule has 61 heavy (non-hydrogen) atoms. The van der Waals surface area contributed by atoms with Crippen molar-refractivity contribution in [2.24, 2.45) is 0 Å². The van der Waals surface area contributed by atoms with Crippen LogP contribution in [-0.4, -0.2) is 9.97 Å². The van der Waals surface area contributed by atoms with E-state index in [2.05, 4.69) is 218 Å². The summed E-state index contributed by atoms with van der Waals surface area (Å²) >= 11 is 0. The Hall–Kier alpha value is -7.94. The van der Waals surface area contributed by atoms with Gasteiger partial charge < -0.3 is 0 Å². The lowest BCUT2D eigenvalue weighted by Crippen LogP contribution is -2.26. The Labute approximate surface area is 354 Å². The molecule has 10 aromatic carbocycles. The molecule has 0 N–H and O–H groups in total. The maximum atomic E-state index is 5.59. The molecule has 0 aliphatic heterocycles. The third-order valence-electron chi connectivity index (χ3n) is 13.3. The molecule has 0 saturated heterocycles. The standard InChI is InChI=1S/C59H36N2/c1-3-19-38(20-4-1)54-44-27-9-10-28-45(44)56(55-40-23-8-7-18-37(40)34-35-48(54)55)53-36-52(60-58(61-53)39-21-5-2-6-22-39)47-30-17-29-46-43-26-13-16-33-51(43)59(57(46)47)49-31-14-11-24-41(49)42-25-12-15-32-50(42)59/h1-36H. The van der Waals surface area contributed by atoms with Crippen LogP contribution in [0, 0.1) is 0 Å². The Morgan fingerprint density at radius 3 is 1.48 bits per heavy atom. The van der Waals surface area contributed by atoms with Crippen molar-refractivity contribution >= 4 is 32.3 Å². The summed E-state index contributed by atoms with van der Waals surface area (Å²) < 4.78 is 0. The summed E-state index contributed by atoms with van der Waals surface area (Å²) in [6.07, 6.45) is 0. The molecule has 11 aromatic rings. The first-order valence-electron chi connectivity index (χ1n) is 21.1. The van der Waals surface area contributed by atoms with Crippen LogP contribution in [0.4, 0.5) is 0 Å². The monoisotopic (exact) mass is 772 g/mol. The normalized spacial score (nSPS) is 13.0. The molecule has 2 heteroatoms. The molecule has 0 amide bonds. The van der Waals surface area contributed by atoms with Crippen LogP contribution < -0.4 is 0 Å². The number of aromatic nitrogens is 2. The van der Waals surface area contributed by atoms with Crippen LogP contribution in [0.15, 0.2) is 218 Å². The van der Waals surface area contributed by atoms with Crippen molar-refractivity contribution in [2.45, 2.75) is 5.41 Å². The van der Waals surface area contributed by atoms with Gasteiger partial charge >= 0.3 is 0 Å². The topological polar surface area (TPSA) is 25.8 Å². The number of hydrogen-bond donors (Lipinski definition) is 0. The van der Waals surface area contributed by atoms with Crippen molar-refractivity contribution in [2.75, 3.05) is 0 Å². The quantitative estimate of drug-likeness (QED) is 0.132. The average molecular weight is 773 g/mol. The third kappa shape index (κ3) is 4.73. The van der Waals surface area contributed by atoms with Crippen LogP contribution in [0.1, 0.15) is 22.3 Å². The van der Waals surface area contributed by atoms with Gasteiger partial charge in [-0.1, -0.05) is 212 Å². The molecule has 0 radical (unpaired) electrons. The van der Waals surface area contributed by atoms with Gasteiger partial charge in [-0.2, -0.15) is 0 Å². The minimum atomic E-state index is -0.527. The molecule has 2 nitrogen and oxygen atoms in total. The zero-order chi connectivity index (χ0) is 40.1. The maximum Gasteiger partial charge on any atom is 0.160 e. The van der Waals surface area contributed by atoms with E-state index < -0.39 is 5.41 Å². The van der Waals surface area contributed by atoms with E-state index in [1.54, 1.807) is 0 Å². The minimum absolute atomic E-state index is 0.527. The highest BCUT2D eigenvalue weighted by atomic mass is 14.9. The van der Waals surface area contributed by atoms with Crippen molar-refractivity contribution in [3.05, 3.63) is 241 Å². The van der Waals surface area contributed by atoms with Gasteiger partial charge in [-0.3, -0.25) is 0 Å². The summed E-state index contributed by atoms with van der Waals surface area (Å²) in [6.45, 7) is 0. The second-order valence-corrected chi connectivity index (χ2v) is 16.3. The van der Waals surface area contributed by atoms with E-state index in [0.29, 0.717) is 5.82 Å². The Morgan fingerprint density at radius 2 is 0.803 bits per heavy atom. The van der Waals surface area contributed by atoms with Crippen molar-refractivity contribution in [3.63, 3.8) is 0 Å². The minimum Gasteiger partial charge on any atom is -0.228 e. The smallest absolute Gasteiger partial charge is 0.160 e. The van der Waals surface area contributed by atoms with Gasteiger partial charge in [0.2, 0.25) is 0 Å². The van der Waals surface area contributed by atoms with Gasteiger partial charge in [0, 0.05) is 22.1 Å². The second-order valence-electron chi connectivity index (χ2n) is 16.3. The Bertz CT molecular complexity index is 3520. The predicted octanol–water partition coefficient (Wildman–Crippen LogP) is 14.9. The third-order valence-corrected chi connectivity index (χ3v) is 13.3. The SMILES string of the molecule is c1ccc(-c2nc(-c3cccc4c3C3(c5ccccc5-c5ccccc53)c3ccccc3-4)cc(-c3c4ccccc4c(-c4ccccc4)c4ccc5ccccc5c34)n2)cc1. The molecule has 1 spiro atoms. The van der Waals surface area contributed by atoms with Crippen LogP contribution in [0.25, 0.3) is 99.6 Å². The van der Waals surface area contributed by atoms with E-state index in [-0.39, 0.29) is 0 Å². The Kier molecular flexibility index (Phi) is 7.26. The summed E-state index contributed by atoms with van der Waals surface area (Å²) in [7, 11) is 0. The fourth-order valence-corrected chi connectivity index (χ4v) is 10.9. The summed E-state index contributed by atoms with van der Waals surface area (Å²) in [5, 5.41) is 7.15. The molecule has 0 saturated carbocycles. The molecular weight excluding hydrogens is 737 g/mol. The molecule has 0 unspecified atom stereocenters. The highest BCUT2D eigenvalue weighted by Gasteiger charge is 2.52. The highest BCUT2D eigenvalue weighted by Crippen LogP contribution is 2.64. The number of benzene rings is 10. The van der Waals surface area contributed by atoms with Crippen molar-refractivity contribution < 1.29 is 0 Å². The van der Waals surface area contributed by atoms with Gasteiger partial charge in [-0.05, 0) is 88.6 Å². The molecule has 0 fully saturated rings. The summed E-state index contributed by atoms with van der Waals surface area (Å²) in [6, 6.07) is 79.7. The van der Waals surface area contributed by atoms with Crippen molar-refractivity contribution in [3.8, 4) is 67.3 Å². The summed E-state index contributed by atoms with van der Waals surface area (Å²) in [5.74, 6) is 0.701. The van der Waals surface area contributed by atoms with Gasteiger partial charge in [0.1, 0.15) is 0 Å². The lowest BCUT2D eigenvalue weighted by molar-refractivity contribution is 0.795. The van der Waals surface area contributed by atoms with Crippen molar-refractivity contribution in [1.29, 1.82) is 0 Å². The van der Waals surface area contributed by atoms with Gasteiger partial charge in [0.05, 0.1) is 16.8 Å². The van der Waals surface area contributed by atoms with Gasteiger partial charge in [0.25, 0.3) is 0 Å². The van der Waals surface area contributed by atoms with Gasteiger partial charge in [-0.25, -0.2) is 9.97 Å². The van der Waals surface area contributed by atoms with Crippen LogP contribution >= 0.6 is 0 Å². The fourth-order valence-electron chi connectivity index (χ4n) is 10.9.